The molecule has 0 bridgehead atoms. The predicted molar refractivity (Wildman–Crippen MR) is 87.7 cm³/mol. The molecule has 0 aromatic heterocycles. The van der Waals surface area contributed by atoms with Gasteiger partial charge >= 0.3 is 0 Å². The highest BCUT2D eigenvalue weighted by atomic mass is 32.2. The van der Waals surface area contributed by atoms with Gasteiger partial charge in [0.05, 0.1) is 11.3 Å². The average molecular weight is 347 g/mol. The van der Waals surface area contributed by atoms with E-state index in [4.69, 9.17) is 9.47 Å². The third kappa shape index (κ3) is 3.68. The molecule has 0 atom stereocenters. The fourth-order valence-corrected chi connectivity index (χ4v) is 3.44. The average Bonchev–Trinajstić information content (AvgIpc) is 3.00. The molecule has 1 aliphatic heterocycles. The zero-order chi connectivity index (χ0) is 17.2. The molecule has 0 radical (unpaired) electrons. The summed E-state index contributed by atoms with van der Waals surface area (Å²) in [4.78, 5) is 12.3. The van der Waals surface area contributed by atoms with Crippen molar-refractivity contribution in [2.24, 2.45) is 0 Å². The Labute approximate surface area is 140 Å². The summed E-state index contributed by atoms with van der Waals surface area (Å²) in [5.41, 5.74) is 1.37. The lowest BCUT2D eigenvalue weighted by atomic mass is 10.1. The minimum Gasteiger partial charge on any atom is -0.454 e. The smallest absolute Gasteiger partial charge is 0.231 e. The first-order valence-electron chi connectivity index (χ1n) is 7.37. The van der Waals surface area contributed by atoms with Crippen LogP contribution < -0.4 is 14.8 Å². The van der Waals surface area contributed by atoms with Crippen molar-refractivity contribution in [2.75, 3.05) is 13.0 Å². The van der Waals surface area contributed by atoms with Crippen LogP contribution in [0, 0.1) is 0 Å². The van der Waals surface area contributed by atoms with Crippen molar-refractivity contribution in [3.8, 4) is 11.5 Å². The summed E-state index contributed by atoms with van der Waals surface area (Å²) in [5, 5.41) is 2.79. The number of benzene rings is 2. The van der Waals surface area contributed by atoms with Crippen LogP contribution in [0.3, 0.4) is 0 Å². The van der Waals surface area contributed by atoms with Crippen molar-refractivity contribution in [1.29, 1.82) is 0 Å². The molecule has 0 aliphatic carbocycles. The van der Waals surface area contributed by atoms with Gasteiger partial charge in [-0.2, -0.15) is 0 Å². The Morgan fingerprint density at radius 1 is 1.12 bits per heavy atom. The zero-order valence-corrected chi connectivity index (χ0v) is 13.9. The highest BCUT2D eigenvalue weighted by Gasteiger charge is 2.16. The Balaban J connectivity index is 1.65. The summed E-state index contributed by atoms with van der Waals surface area (Å²) < 4.78 is 34.1. The minimum absolute atomic E-state index is 0.00773. The van der Waals surface area contributed by atoms with Gasteiger partial charge in [-0.1, -0.05) is 24.3 Å². The molecule has 2 aromatic rings. The van der Waals surface area contributed by atoms with Gasteiger partial charge in [-0.15, -0.1) is 0 Å². The van der Waals surface area contributed by atoms with E-state index in [1.165, 1.54) is 6.07 Å². The highest BCUT2D eigenvalue weighted by molar-refractivity contribution is 7.90. The Morgan fingerprint density at radius 2 is 1.88 bits per heavy atom. The molecular formula is C17H17NO5S. The maximum absolute atomic E-state index is 12.1. The minimum atomic E-state index is -3.36. The maximum atomic E-state index is 12.1. The van der Waals surface area contributed by atoms with Gasteiger partial charge in [-0.25, -0.2) is 8.42 Å². The molecule has 6 nitrogen and oxygen atoms in total. The predicted octanol–water partition coefficient (Wildman–Crippen LogP) is 1.68. The number of hydrogen-bond acceptors (Lipinski definition) is 5. The Kier molecular flexibility index (Phi) is 4.44. The van der Waals surface area contributed by atoms with E-state index in [9.17, 15) is 13.2 Å². The molecule has 2 aromatic carbocycles. The van der Waals surface area contributed by atoms with Crippen molar-refractivity contribution < 1.29 is 22.7 Å². The summed E-state index contributed by atoms with van der Waals surface area (Å²) in [5.74, 6) is 1.10. The van der Waals surface area contributed by atoms with Crippen LogP contribution in [-0.2, 0) is 27.6 Å². The molecular weight excluding hydrogens is 330 g/mol. The first kappa shape index (κ1) is 16.3. The SMILES string of the molecule is CS(=O)(=O)c1ccccc1CC(=O)NCc1ccc2c(c1)OCO2. The van der Waals surface area contributed by atoms with E-state index in [0.29, 0.717) is 23.6 Å². The number of nitrogens with one attached hydrogen (secondary N) is 1. The topological polar surface area (TPSA) is 81.7 Å². The normalized spacial score (nSPS) is 12.9. The molecule has 126 valence electrons. The van der Waals surface area contributed by atoms with E-state index in [-0.39, 0.29) is 24.0 Å². The van der Waals surface area contributed by atoms with Gasteiger partial charge in [0, 0.05) is 12.8 Å². The van der Waals surface area contributed by atoms with E-state index in [1.54, 1.807) is 24.3 Å². The molecule has 0 saturated carbocycles. The quantitative estimate of drug-likeness (QED) is 0.890. The number of sulfone groups is 1. The molecule has 0 fully saturated rings. The van der Waals surface area contributed by atoms with Crippen LogP contribution in [0.5, 0.6) is 11.5 Å². The van der Waals surface area contributed by atoms with E-state index in [1.807, 2.05) is 12.1 Å². The van der Waals surface area contributed by atoms with Gasteiger partial charge in [0.15, 0.2) is 21.3 Å². The molecule has 0 spiro atoms. The standard InChI is InChI=1S/C17H17NO5S/c1-24(20,21)16-5-3-2-4-13(16)9-17(19)18-10-12-6-7-14-15(8-12)23-11-22-14/h2-8H,9-11H2,1H3,(H,18,19). The largest absolute Gasteiger partial charge is 0.454 e. The molecule has 1 aliphatic rings. The summed E-state index contributed by atoms with van der Waals surface area (Å²) in [6.45, 7) is 0.532. The fourth-order valence-electron chi connectivity index (χ4n) is 2.50. The van der Waals surface area contributed by atoms with Crippen molar-refractivity contribution in [3.05, 3.63) is 53.6 Å². The molecule has 0 saturated heterocycles. The lowest BCUT2D eigenvalue weighted by Gasteiger charge is -2.09. The summed E-state index contributed by atoms with van der Waals surface area (Å²) >= 11 is 0. The number of hydrogen-bond donors (Lipinski definition) is 1. The first-order valence-corrected chi connectivity index (χ1v) is 9.26. The molecule has 7 heteroatoms. The maximum Gasteiger partial charge on any atom is 0.231 e. The summed E-state index contributed by atoms with van der Waals surface area (Å²) in [7, 11) is -3.36. The third-order valence-corrected chi connectivity index (χ3v) is 4.85. The van der Waals surface area contributed by atoms with Gasteiger partial charge in [0.2, 0.25) is 12.7 Å². The monoisotopic (exact) mass is 347 g/mol. The van der Waals surface area contributed by atoms with Crippen LogP contribution in [0.1, 0.15) is 11.1 Å². The number of rotatable bonds is 5. The number of ether oxygens (including phenoxy) is 2. The second-order valence-corrected chi connectivity index (χ2v) is 7.51. The Morgan fingerprint density at radius 3 is 2.67 bits per heavy atom. The third-order valence-electron chi connectivity index (χ3n) is 3.65. The number of carbonyl (C=O) groups excluding carboxylic acids is 1. The molecule has 1 heterocycles. The van der Waals surface area contributed by atoms with Crippen molar-refractivity contribution in [3.63, 3.8) is 0 Å². The van der Waals surface area contributed by atoms with Crippen LogP contribution in [0.4, 0.5) is 0 Å². The van der Waals surface area contributed by atoms with Gasteiger partial charge in [-0.05, 0) is 29.3 Å². The lowest BCUT2D eigenvalue weighted by Crippen LogP contribution is -2.25. The Bertz CT molecular complexity index is 876. The van der Waals surface area contributed by atoms with Crippen molar-refractivity contribution in [2.45, 2.75) is 17.9 Å². The molecule has 0 unspecified atom stereocenters. The molecule has 3 rings (SSSR count). The van der Waals surface area contributed by atoms with E-state index < -0.39 is 9.84 Å². The number of amides is 1. The van der Waals surface area contributed by atoms with Crippen molar-refractivity contribution in [1.82, 2.24) is 5.32 Å². The van der Waals surface area contributed by atoms with Crippen LogP contribution in [0.15, 0.2) is 47.4 Å². The van der Waals surface area contributed by atoms with Crippen molar-refractivity contribution >= 4 is 15.7 Å². The zero-order valence-electron chi connectivity index (χ0n) is 13.1. The van der Waals surface area contributed by atoms with Gasteiger partial charge in [-0.3, -0.25) is 4.79 Å². The van der Waals surface area contributed by atoms with Gasteiger partial charge in [0.1, 0.15) is 0 Å². The highest BCUT2D eigenvalue weighted by Crippen LogP contribution is 2.32. The number of fused-ring (bicyclic) bond motifs is 1. The summed E-state index contributed by atoms with van der Waals surface area (Å²) in [6, 6.07) is 12.0. The van der Waals surface area contributed by atoms with Crippen LogP contribution in [0.25, 0.3) is 0 Å². The van der Waals surface area contributed by atoms with E-state index in [0.717, 1.165) is 11.8 Å². The van der Waals surface area contributed by atoms with E-state index >= 15 is 0 Å². The number of carbonyl (C=O) groups is 1. The van der Waals surface area contributed by atoms with Gasteiger partial charge < -0.3 is 14.8 Å². The molecule has 1 N–H and O–H groups in total. The second-order valence-electron chi connectivity index (χ2n) is 5.52. The Hall–Kier alpha value is -2.54. The van der Waals surface area contributed by atoms with Crippen LogP contribution in [-0.4, -0.2) is 27.4 Å². The first-order chi connectivity index (χ1) is 11.4. The van der Waals surface area contributed by atoms with Crippen LogP contribution in [0.2, 0.25) is 0 Å². The lowest BCUT2D eigenvalue weighted by molar-refractivity contribution is -0.120. The summed E-state index contributed by atoms with van der Waals surface area (Å²) in [6.07, 6.45) is 1.14. The van der Waals surface area contributed by atoms with E-state index in [2.05, 4.69) is 5.32 Å². The fraction of sp³-hybridized carbons (Fsp3) is 0.235. The molecule has 1 amide bonds. The van der Waals surface area contributed by atoms with Crippen LogP contribution >= 0.6 is 0 Å². The van der Waals surface area contributed by atoms with Gasteiger partial charge in [0.25, 0.3) is 0 Å². The second kappa shape index (κ2) is 6.52. The molecule has 24 heavy (non-hydrogen) atoms.